The van der Waals surface area contributed by atoms with E-state index < -0.39 is 0 Å². The zero-order chi connectivity index (χ0) is 24.3. The lowest BCUT2D eigenvalue weighted by molar-refractivity contribution is 0.181. The minimum absolute atomic E-state index is 0.368. The summed E-state index contributed by atoms with van der Waals surface area (Å²) in [7, 11) is 0. The molecule has 5 nitrogen and oxygen atoms in total. The summed E-state index contributed by atoms with van der Waals surface area (Å²) in [5.41, 5.74) is 3.88. The first-order chi connectivity index (χ1) is 16.5. The van der Waals surface area contributed by atoms with Gasteiger partial charge in [0.1, 0.15) is 11.5 Å². The van der Waals surface area contributed by atoms with E-state index in [1.54, 1.807) is 12.1 Å². The Morgan fingerprint density at radius 2 is 1.82 bits per heavy atom. The van der Waals surface area contributed by atoms with Gasteiger partial charge in [-0.3, -0.25) is 0 Å². The van der Waals surface area contributed by atoms with E-state index in [0.717, 1.165) is 45.6 Å². The molecule has 186 valence electrons. The van der Waals surface area contributed by atoms with Gasteiger partial charge in [0, 0.05) is 19.1 Å². The summed E-state index contributed by atoms with van der Waals surface area (Å²) in [5, 5.41) is 25.6. The average Bonchev–Trinajstić information content (AvgIpc) is 2.84. The maximum Gasteiger partial charge on any atom is 0.115 e. The van der Waals surface area contributed by atoms with Gasteiger partial charge in [-0.2, -0.15) is 0 Å². The molecule has 2 aliphatic heterocycles. The maximum atomic E-state index is 9.65. The minimum Gasteiger partial charge on any atom is -0.508 e. The molecule has 2 aromatic carbocycles. The van der Waals surface area contributed by atoms with Crippen LogP contribution in [0.25, 0.3) is 0 Å². The van der Waals surface area contributed by atoms with E-state index in [-0.39, 0.29) is 0 Å². The highest BCUT2D eigenvalue weighted by Gasteiger charge is 2.23. The highest BCUT2D eigenvalue weighted by Crippen LogP contribution is 2.30. The number of nitrogens with zero attached hydrogens (tertiary/aromatic N) is 1. The van der Waals surface area contributed by atoms with Crippen molar-refractivity contribution >= 4 is 0 Å². The summed E-state index contributed by atoms with van der Waals surface area (Å²) in [6, 6.07) is 13.9. The van der Waals surface area contributed by atoms with Crippen molar-refractivity contribution in [1.82, 2.24) is 15.5 Å². The van der Waals surface area contributed by atoms with Crippen LogP contribution in [0.3, 0.4) is 0 Å². The third-order valence-electron chi connectivity index (χ3n) is 6.93. The Bertz CT molecular complexity index is 904. The van der Waals surface area contributed by atoms with E-state index in [1.165, 1.54) is 29.5 Å². The maximum absolute atomic E-state index is 9.65. The van der Waals surface area contributed by atoms with E-state index in [1.807, 2.05) is 24.3 Å². The summed E-state index contributed by atoms with van der Waals surface area (Å²) in [4.78, 5) is 2.58. The van der Waals surface area contributed by atoms with Gasteiger partial charge in [-0.1, -0.05) is 45.0 Å². The number of phenols is 2. The molecule has 1 atom stereocenters. The number of likely N-dealkylation sites (tertiary alicyclic amines) is 1. The fraction of sp³-hybridized carbons (Fsp3) is 0.517. The van der Waals surface area contributed by atoms with Crippen molar-refractivity contribution in [2.24, 2.45) is 5.92 Å². The molecule has 0 bridgehead atoms. The molecule has 1 saturated heterocycles. The van der Waals surface area contributed by atoms with Gasteiger partial charge >= 0.3 is 0 Å². The van der Waals surface area contributed by atoms with Crippen LogP contribution in [0.15, 0.2) is 54.7 Å². The van der Waals surface area contributed by atoms with Gasteiger partial charge in [0.15, 0.2) is 0 Å². The van der Waals surface area contributed by atoms with E-state index in [0.29, 0.717) is 29.4 Å². The molecule has 2 heterocycles. The van der Waals surface area contributed by atoms with E-state index >= 15 is 0 Å². The number of fused-ring (bicyclic) bond motifs is 1. The van der Waals surface area contributed by atoms with Crippen LogP contribution >= 0.6 is 0 Å². The van der Waals surface area contributed by atoms with Gasteiger partial charge in [-0.25, -0.2) is 0 Å². The Morgan fingerprint density at radius 1 is 1.06 bits per heavy atom. The zero-order valence-corrected chi connectivity index (χ0v) is 21.1. The number of piperidine rings is 1. The quantitative estimate of drug-likeness (QED) is 0.456. The smallest absolute Gasteiger partial charge is 0.115 e. The van der Waals surface area contributed by atoms with Crippen LogP contribution in [0.2, 0.25) is 0 Å². The van der Waals surface area contributed by atoms with Crippen molar-refractivity contribution in [2.45, 2.75) is 65.0 Å². The minimum atomic E-state index is 0.368. The molecule has 2 aliphatic rings. The van der Waals surface area contributed by atoms with Crippen molar-refractivity contribution in [3.05, 3.63) is 71.4 Å². The standard InChI is InChI=1S/C20H32N2O.C9H11NO/c1-4-5-11-21-20(16(2)3)15-22-12-9-17(10-13-22)18-7-6-8-19(23)14-18;11-9-2-1-7-3-4-10-6-8(7)5-9/h5-8,11,14,16-17,20-21,23H,4,9-10,12-13,15H2,1-3H3;1-2,5,10-11H,3-4,6H2/b11-5-;/t20-;/m1./s1. The molecule has 0 unspecified atom stereocenters. The van der Waals surface area contributed by atoms with Crippen LogP contribution < -0.4 is 10.6 Å². The summed E-state index contributed by atoms with van der Waals surface area (Å²) in [6.07, 6.45) is 8.81. The van der Waals surface area contributed by atoms with Gasteiger partial charge < -0.3 is 25.7 Å². The Hall–Kier alpha value is -2.50. The van der Waals surface area contributed by atoms with Crippen LogP contribution in [-0.4, -0.2) is 47.3 Å². The highest BCUT2D eigenvalue weighted by atomic mass is 16.3. The number of benzene rings is 2. The predicted molar refractivity (Wildman–Crippen MR) is 141 cm³/mol. The lowest BCUT2D eigenvalue weighted by Crippen LogP contribution is -2.45. The molecule has 4 N–H and O–H groups in total. The van der Waals surface area contributed by atoms with Crippen LogP contribution in [0, 0.1) is 5.92 Å². The van der Waals surface area contributed by atoms with Gasteiger partial charge in [0.25, 0.3) is 0 Å². The number of hydrogen-bond acceptors (Lipinski definition) is 5. The SMILES string of the molecule is CC/C=C\N[C@H](CN1CCC(c2cccc(O)c2)CC1)C(C)C.Oc1ccc2c(c1)CNCC2. The van der Waals surface area contributed by atoms with E-state index in [2.05, 4.69) is 54.6 Å². The number of aromatic hydroxyl groups is 2. The number of hydrogen-bond donors (Lipinski definition) is 4. The van der Waals surface area contributed by atoms with E-state index in [4.69, 9.17) is 5.11 Å². The van der Waals surface area contributed by atoms with Gasteiger partial charge in [0.05, 0.1) is 0 Å². The monoisotopic (exact) mass is 465 g/mol. The molecule has 0 radical (unpaired) electrons. The predicted octanol–water partition coefficient (Wildman–Crippen LogP) is 5.15. The lowest BCUT2D eigenvalue weighted by atomic mass is 9.89. The van der Waals surface area contributed by atoms with Crippen LogP contribution in [-0.2, 0) is 13.0 Å². The molecule has 0 aromatic heterocycles. The third-order valence-corrected chi connectivity index (χ3v) is 6.93. The zero-order valence-electron chi connectivity index (χ0n) is 21.1. The van der Waals surface area contributed by atoms with E-state index in [9.17, 15) is 5.11 Å². The third kappa shape index (κ3) is 8.07. The first-order valence-electron chi connectivity index (χ1n) is 12.9. The molecular formula is C29H43N3O2. The Labute approximate surface area is 205 Å². The molecule has 34 heavy (non-hydrogen) atoms. The molecule has 0 aliphatic carbocycles. The van der Waals surface area contributed by atoms with Crippen molar-refractivity contribution in [2.75, 3.05) is 26.2 Å². The van der Waals surface area contributed by atoms with Crippen molar-refractivity contribution < 1.29 is 10.2 Å². The summed E-state index contributed by atoms with van der Waals surface area (Å²) in [6.45, 7) is 12.1. The van der Waals surface area contributed by atoms with Gasteiger partial charge in [-0.15, -0.1) is 0 Å². The van der Waals surface area contributed by atoms with Gasteiger partial charge in [-0.05, 0) is 104 Å². The second kappa shape index (κ2) is 13.4. The van der Waals surface area contributed by atoms with Crippen LogP contribution in [0.1, 0.15) is 62.6 Å². The number of rotatable bonds is 7. The molecule has 0 saturated carbocycles. The number of phenolic OH excluding ortho intramolecular Hbond substituents is 2. The highest BCUT2D eigenvalue weighted by molar-refractivity contribution is 5.36. The Balaban J connectivity index is 0.000000243. The van der Waals surface area contributed by atoms with Crippen LogP contribution in [0.4, 0.5) is 0 Å². The Morgan fingerprint density at radius 3 is 2.53 bits per heavy atom. The molecule has 0 amide bonds. The molecule has 0 spiro atoms. The fourth-order valence-electron chi connectivity index (χ4n) is 4.74. The topological polar surface area (TPSA) is 67.8 Å². The fourth-order valence-corrected chi connectivity index (χ4v) is 4.74. The molecule has 5 heteroatoms. The number of allylic oxidation sites excluding steroid dienone is 1. The lowest BCUT2D eigenvalue weighted by Gasteiger charge is -2.35. The number of nitrogens with one attached hydrogen (secondary N) is 2. The molecular weight excluding hydrogens is 422 g/mol. The first-order valence-corrected chi connectivity index (χ1v) is 12.9. The summed E-state index contributed by atoms with van der Waals surface area (Å²) in [5.74, 6) is 1.97. The summed E-state index contributed by atoms with van der Waals surface area (Å²) < 4.78 is 0. The molecule has 2 aromatic rings. The first kappa shape index (κ1) is 26.1. The second-order valence-corrected chi connectivity index (χ2v) is 9.88. The van der Waals surface area contributed by atoms with Gasteiger partial charge in [0.2, 0.25) is 0 Å². The second-order valence-electron chi connectivity index (χ2n) is 9.88. The molecule has 4 rings (SSSR count). The summed E-state index contributed by atoms with van der Waals surface area (Å²) >= 11 is 0. The Kier molecular flexibility index (Phi) is 10.3. The van der Waals surface area contributed by atoms with Crippen molar-refractivity contribution in [3.63, 3.8) is 0 Å². The largest absolute Gasteiger partial charge is 0.508 e. The molecule has 1 fully saturated rings. The average molecular weight is 466 g/mol. The van der Waals surface area contributed by atoms with Crippen molar-refractivity contribution in [1.29, 1.82) is 0 Å². The normalized spacial score (nSPS) is 17.8. The van der Waals surface area contributed by atoms with Crippen LogP contribution in [0.5, 0.6) is 11.5 Å². The van der Waals surface area contributed by atoms with Crippen molar-refractivity contribution in [3.8, 4) is 11.5 Å².